The highest BCUT2D eigenvalue weighted by atomic mass is 79.9. The van der Waals surface area contributed by atoms with E-state index in [1.807, 2.05) is 0 Å². The molecule has 0 radical (unpaired) electrons. The molecule has 1 atom stereocenters. The molecule has 0 amide bonds. The number of hydrogen-bond acceptors (Lipinski definition) is 1. The van der Waals surface area contributed by atoms with Gasteiger partial charge < -0.3 is 4.74 Å². The fraction of sp³-hybridized carbons (Fsp3) is 0.143. The van der Waals surface area contributed by atoms with Crippen molar-refractivity contribution in [2.24, 2.45) is 0 Å². The second-order valence-corrected chi connectivity index (χ2v) is 5.29. The minimum Gasteiger partial charge on any atom is -0.497 e. The normalized spacial score (nSPS) is 12.3. The van der Waals surface area contributed by atoms with E-state index in [0.29, 0.717) is 4.47 Å². The quantitative estimate of drug-likeness (QED) is 0.679. The molecule has 20 heavy (non-hydrogen) atoms. The number of methoxy groups -OCH3 is 1. The van der Waals surface area contributed by atoms with Crippen molar-refractivity contribution in [2.75, 3.05) is 7.11 Å². The van der Waals surface area contributed by atoms with Gasteiger partial charge >= 0.3 is 0 Å². The van der Waals surface area contributed by atoms with E-state index in [1.54, 1.807) is 6.07 Å². The van der Waals surface area contributed by atoms with Crippen LogP contribution in [0.5, 0.6) is 5.75 Å². The highest BCUT2D eigenvalue weighted by Crippen LogP contribution is 2.38. The second kappa shape index (κ2) is 6.06. The zero-order chi connectivity index (χ0) is 14.9. The summed E-state index contributed by atoms with van der Waals surface area (Å²) in [5, 5.41) is -1.29. The zero-order valence-corrected chi connectivity index (χ0v) is 12.6. The molecule has 1 unspecified atom stereocenters. The van der Waals surface area contributed by atoms with Gasteiger partial charge in [-0.2, -0.15) is 0 Å². The molecule has 0 heterocycles. The number of halogens is 5. The molecule has 0 saturated heterocycles. The van der Waals surface area contributed by atoms with Gasteiger partial charge in [0.05, 0.1) is 12.5 Å². The van der Waals surface area contributed by atoms with Gasteiger partial charge in [0.25, 0.3) is 0 Å². The summed E-state index contributed by atoms with van der Waals surface area (Å²) in [6, 6.07) is 6.19. The Bertz CT molecular complexity index is 605. The molecule has 0 aliphatic rings. The summed E-state index contributed by atoms with van der Waals surface area (Å²) >= 11 is 9.19. The monoisotopic (exact) mass is 364 g/mol. The molecule has 0 aliphatic carbocycles. The van der Waals surface area contributed by atoms with Crippen LogP contribution in [0.4, 0.5) is 13.2 Å². The molecule has 0 aromatic heterocycles. The number of ether oxygens (including phenoxy) is 1. The number of rotatable bonds is 3. The van der Waals surface area contributed by atoms with Crippen LogP contribution in [0.25, 0.3) is 0 Å². The molecule has 0 spiro atoms. The summed E-state index contributed by atoms with van der Waals surface area (Å²) in [6.45, 7) is 0. The van der Waals surface area contributed by atoms with Crippen molar-refractivity contribution in [3.05, 3.63) is 63.4 Å². The van der Waals surface area contributed by atoms with Crippen LogP contribution in [0, 0.1) is 17.5 Å². The number of hydrogen-bond donors (Lipinski definition) is 0. The van der Waals surface area contributed by atoms with Crippen LogP contribution in [0.3, 0.4) is 0 Å². The molecule has 0 bridgehead atoms. The molecule has 0 saturated carbocycles. The van der Waals surface area contributed by atoms with Crippen molar-refractivity contribution in [3.63, 3.8) is 0 Å². The van der Waals surface area contributed by atoms with E-state index < -0.39 is 28.4 Å². The van der Waals surface area contributed by atoms with Crippen LogP contribution < -0.4 is 4.74 Å². The predicted octanol–water partition coefficient (Wildman–Crippen LogP) is 5.20. The van der Waals surface area contributed by atoms with Crippen molar-refractivity contribution >= 4 is 27.5 Å². The van der Waals surface area contributed by atoms with Crippen LogP contribution in [0.2, 0.25) is 0 Å². The Morgan fingerprint density at radius 2 is 1.65 bits per heavy atom. The van der Waals surface area contributed by atoms with Gasteiger partial charge in [-0.1, -0.05) is 22.0 Å². The summed E-state index contributed by atoms with van der Waals surface area (Å²) < 4.78 is 46.8. The molecule has 2 rings (SSSR count). The summed E-state index contributed by atoms with van der Waals surface area (Å²) in [5.41, 5.74) is -0.435. The maximum atomic E-state index is 14.0. The first-order valence-electron chi connectivity index (χ1n) is 5.56. The summed E-state index contributed by atoms with van der Waals surface area (Å²) in [6.07, 6.45) is 0. The van der Waals surface area contributed by atoms with E-state index in [0.717, 1.165) is 12.1 Å². The fourth-order valence-corrected chi connectivity index (χ4v) is 2.95. The maximum absolute atomic E-state index is 14.0. The fourth-order valence-electron chi connectivity index (χ4n) is 1.82. The van der Waals surface area contributed by atoms with Crippen LogP contribution in [0.15, 0.2) is 34.8 Å². The van der Waals surface area contributed by atoms with E-state index in [-0.39, 0.29) is 11.3 Å². The molecule has 106 valence electrons. The molecule has 0 N–H and O–H groups in total. The third-order valence-electron chi connectivity index (χ3n) is 2.79. The van der Waals surface area contributed by atoms with E-state index in [4.69, 9.17) is 16.3 Å². The van der Waals surface area contributed by atoms with Gasteiger partial charge in [-0.05, 0) is 12.1 Å². The van der Waals surface area contributed by atoms with E-state index in [9.17, 15) is 13.2 Å². The first kappa shape index (κ1) is 15.2. The maximum Gasteiger partial charge on any atom is 0.134 e. The predicted molar refractivity (Wildman–Crippen MR) is 74.7 cm³/mol. The van der Waals surface area contributed by atoms with Crippen LogP contribution in [-0.4, -0.2) is 7.11 Å². The Morgan fingerprint density at radius 3 is 2.15 bits per heavy atom. The van der Waals surface area contributed by atoms with E-state index >= 15 is 0 Å². The molecule has 2 aromatic rings. The van der Waals surface area contributed by atoms with Crippen molar-refractivity contribution in [1.82, 2.24) is 0 Å². The van der Waals surface area contributed by atoms with Crippen LogP contribution in [-0.2, 0) is 0 Å². The minimum atomic E-state index is -1.29. The number of alkyl halides is 1. The topological polar surface area (TPSA) is 9.23 Å². The van der Waals surface area contributed by atoms with Crippen molar-refractivity contribution in [2.45, 2.75) is 5.38 Å². The van der Waals surface area contributed by atoms with Gasteiger partial charge in [-0.15, -0.1) is 11.6 Å². The summed E-state index contributed by atoms with van der Waals surface area (Å²) in [5.74, 6) is -2.40. The first-order chi connectivity index (χ1) is 9.45. The van der Waals surface area contributed by atoms with Crippen molar-refractivity contribution < 1.29 is 17.9 Å². The molecular weight excluding hydrogens is 357 g/mol. The third-order valence-corrected chi connectivity index (χ3v) is 3.92. The van der Waals surface area contributed by atoms with Gasteiger partial charge in [-0.3, -0.25) is 0 Å². The smallest absolute Gasteiger partial charge is 0.134 e. The van der Waals surface area contributed by atoms with Crippen molar-refractivity contribution in [3.8, 4) is 5.75 Å². The van der Waals surface area contributed by atoms with E-state index in [1.165, 1.54) is 19.2 Å². The standard InChI is InChI=1S/C14H9BrClF3O/c1-20-7-5-10(18)13(11(19)6-7)14(16)12-8(15)3-2-4-9(12)17/h2-6,14H,1H3. The lowest BCUT2D eigenvalue weighted by atomic mass is 10.0. The molecule has 6 heteroatoms. The molecule has 0 aliphatic heterocycles. The van der Waals surface area contributed by atoms with Crippen LogP contribution >= 0.6 is 27.5 Å². The Hall–Kier alpha value is -1.20. The van der Waals surface area contributed by atoms with Crippen LogP contribution in [0.1, 0.15) is 16.5 Å². The highest BCUT2D eigenvalue weighted by Gasteiger charge is 2.25. The molecule has 0 fully saturated rings. The van der Waals surface area contributed by atoms with Gasteiger partial charge in [0.2, 0.25) is 0 Å². The third kappa shape index (κ3) is 2.79. The Balaban J connectivity index is 2.57. The van der Waals surface area contributed by atoms with Gasteiger partial charge in [0.15, 0.2) is 0 Å². The average Bonchev–Trinajstić information content (AvgIpc) is 2.37. The first-order valence-corrected chi connectivity index (χ1v) is 6.79. The Labute approximate surface area is 127 Å². The molecular formula is C14H9BrClF3O. The zero-order valence-electron chi connectivity index (χ0n) is 10.3. The average molecular weight is 366 g/mol. The SMILES string of the molecule is COc1cc(F)c(C(Cl)c2c(F)cccc2Br)c(F)c1. The lowest BCUT2D eigenvalue weighted by Crippen LogP contribution is -2.05. The van der Waals surface area contributed by atoms with Gasteiger partial charge in [-0.25, -0.2) is 13.2 Å². The van der Waals surface area contributed by atoms with E-state index in [2.05, 4.69) is 15.9 Å². The Kier molecular flexibility index (Phi) is 4.60. The van der Waals surface area contributed by atoms with Gasteiger partial charge in [0.1, 0.15) is 23.2 Å². The minimum absolute atomic E-state index is 0.0165. The number of benzene rings is 2. The van der Waals surface area contributed by atoms with Gasteiger partial charge in [0, 0.05) is 27.7 Å². The lowest BCUT2D eigenvalue weighted by molar-refractivity contribution is 0.405. The summed E-state index contributed by atoms with van der Waals surface area (Å²) in [7, 11) is 1.29. The Morgan fingerprint density at radius 1 is 1.05 bits per heavy atom. The molecule has 1 nitrogen and oxygen atoms in total. The largest absolute Gasteiger partial charge is 0.497 e. The lowest BCUT2D eigenvalue weighted by Gasteiger charge is -2.15. The van der Waals surface area contributed by atoms with Crippen molar-refractivity contribution in [1.29, 1.82) is 0 Å². The second-order valence-electron chi connectivity index (χ2n) is 4.00. The highest BCUT2D eigenvalue weighted by molar-refractivity contribution is 9.10. The molecule has 2 aromatic carbocycles. The summed E-state index contributed by atoms with van der Waals surface area (Å²) in [4.78, 5) is 0.